The number of sulfonamides is 1. The zero-order valence-electron chi connectivity index (χ0n) is 15.6. The lowest BCUT2D eigenvalue weighted by Gasteiger charge is -2.13. The molecule has 2 heterocycles. The maximum absolute atomic E-state index is 12.9. The summed E-state index contributed by atoms with van der Waals surface area (Å²) in [4.78, 5) is 4.18. The Morgan fingerprint density at radius 3 is 2.67 bits per heavy atom. The second-order valence-electron chi connectivity index (χ2n) is 6.32. The third-order valence-corrected chi connectivity index (χ3v) is 6.00. The molecule has 0 radical (unpaired) electrons. The van der Waals surface area contributed by atoms with Crippen molar-refractivity contribution in [3.8, 4) is 5.69 Å². The Kier molecular flexibility index (Phi) is 5.10. The fourth-order valence-corrected chi connectivity index (χ4v) is 4.09. The van der Waals surface area contributed by atoms with Crippen molar-refractivity contribution in [3.63, 3.8) is 0 Å². The summed E-state index contributed by atoms with van der Waals surface area (Å²) in [7, 11) is -3.91. The molecule has 30 heavy (non-hydrogen) atoms. The molecule has 0 bridgehead atoms. The van der Waals surface area contributed by atoms with E-state index in [9.17, 15) is 8.42 Å². The lowest BCUT2D eigenvalue weighted by Crippen LogP contribution is -2.15. The molecule has 2 aromatic heterocycles. The number of hydrogen-bond acceptors (Lipinski definition) is 7. The first kappa shape index (κ1) is 19.8. The molecule has 0 aliphatic rings. The molecule has 152 valence electrons. The summed E-state index contributed by atoms with van der Waals surface area (Å²) in [6, 6.07) is 14.2. The first-order chi connectivity index (χ1) is 14.4. The predicted octanol–water partition coefficient (Wildman–Crippen LogP) is 3.47. The number of nitrogens with one attached hydrogen (secondary N) is 1. The molecule has 0 aliphatic carbocycles. The molecule has 11 heteroatoms. The lowest BCUT2D eigenvalue weighted by molar-refractivity contribution is 0.319. The van der Waals surface area contributed by atoms with Crippen molar-refractivity contribution < 1.29 is 13.6 Å². The topological polar surface area (TPSA) is 122 Å². The first-order valence-electron chi connectivity index (χ1n) is 8.67. The van der Waals surface area contributed by atoms with E-state index in [0.717, 1.165) is 0 Å². The summed E-state index contributed by atoms with van der Waals surface area (Å²) in [5, 5.41) is 20.5. The van der Waals surface area contributed by atoms with Gasteiger partial charge in [-0.25, -0.2) is 18.1 Å². The lowest BCUT2D eigenvalue weighted by atomic mass is 10.1. The second kappa shape index (κ2) is 7.73. The summed E-state index contributed by atoms with van der Waals surface area (Å²) >= 11 is 6.15. The third-order valence-electron chi connectivity index (χ3n) is 4.39. The van der Waals surface area contributed by atoms with Crippen LogP contribution in [0.25, 0.3) is 16.9 Å². The van der Waals surface area contributed by atoms with Gasteiger partial charge < -0.3 is 5.21 Å². The van der Waals surface area contributed by atoms with Crippen molar-refractivity contribution in [1.29, 1.82) is 0 Å². The van der Waals surface area contributed by atoms with E-state index < -0.39 is 10.0 Å². The van der Waals surface area contributed by atoms with E-state index in [-0.39, 0.29) is 10.6 Å². The van der Waals surface area contributed by atoms with Gasteiger partial charge in [0.15, 0.2) is 0 Å². The highest BCUT2D eigenvalue weighted by molar-refractivity contribution is 7.92. The van der Waals surface area contributed by atoms with Crippen molar-refractivity contribution in [2.75, 3.05) is 4.72 Å². The maximum Gasteiger partial charge on any atom is 0.261 e. The van der Waals surface area contributed by atoms with Crippen molar-refractivity contribution >= 4 is 44.2 Å². The number of nitrogens with zero attached hydrogens (tertiary/aromatic N) is 5. The van der Waals surface area contributed by atoms with Gasteiger partial charge in [0.25, 0.3) is 10.0 Å². The van der Waals surface area contributed by atoms with Gasteiger partial charge in [-0.15, -0.1) is 5.10 Å². The van der Waals surface area contributed by atoms with E-state index >= 15 is 0 Å². The van der Waals surface area contributed by atoms with E-state index in [1.165, 1.54) is 16.8 Å². The maximum atomic E-state index is 12.9. The number of halogens is 1. The highest BCUT2D eigenvalue weighted by Crippen LogP contribution is 2.28. The Hall–Kier alpha value is -3.50. The Labute approximate surface area is 176 Å². The Morgan fingerprint density at radius 1 is 1.17 bits per heavy atom. The van der Waals surface area contributed by atoms with E-state index in [4.69, 9.17) is 16.8 Å². The number of aromatic nitrogens is 4. The molecule has 0 fully saturated rings. The van der Waals surface area contributed by atoms with Gasteiger partial charge in [0.1, 0.15) is 5.52 Å². The summed E-state index contributed by atoms with van der Waals surface area (Å²) in [5.41, 5.74) is 2.67. The highest BCUT2D eigenvalue weighted by Gasteiger charge is 2.19. The van der Waals surface area contributed by atoms with Crippen LogP contribution in [0.2, 0.25) is 5.02 Å². The molecule has 0 aliphatic heterocycles. The number of pyridine rings is 1. The zero-order chi connectivity index (χ0) is 21.3. The van der Waals surface area contributed by atoms with Crippen LogP contribution in [0.15, 0.2) is 70.8 Å². The molecule has 0 atom stereocenters. The molecule has 9 nitrogen and oxygen atoms in total. The average molecular weight is 443 g/mol. The number of benzene rings is 2. The van der Waals surface area contributed by atoms with Crippen LogP contribution in [0.1, 0.15) is 12.5 Å². The van der Waals surface area contributed by atoms with Gasteiger partial charge in [0.05, 0.1) is 22.0 Å². The van der Waals surface area contributed by atoms with Gasteiger partial charge in [-0.2, -0.15) is 0 Å². The van der Waals surface area contributed by atoms with E-state index in [2.05, 4.69) is 25.2 Å². The number of rotatable bonds is 5. The van der Waals surface area contributed by atoms with Gasteiger partial charge in [0.2, 0.25) is 5.65 Å². The normalized spacial score (nSPS) is 12.3. The van der Waals surface area contributed by atoms with Gasteiger partial charge in [-0.3, -0.25) is 4.72 Å². The van der Waals surface area contributed by atoms with E-state index in [0.29, 0.717) is 33.1 Å². The quantitative estimate of drug-likeness (QED) is 0.277. The highest BCUT2D eigenvalue weighted by atomic mass is 35.5. The van der Waals surface area contributed by atoms with Crippen LogP contribution in [-0.2, 0) is 10.0 Å². The van der Waals surface area contributed by atoms with Crippen LogP contribution >= 0.6 is 11.6 Å². The smallest absolute Gasteiger partial charge is 0.261 e. The van der Waals surface area contributed by atoms with Crippen molar-refractivity contribution in [2.24, 2.45) is 5.16 Å². The standard InChI is InChI=1S/C19H15ClN6O3S/c1-12(23-27)13-4-7-15(8-5-13)30(28,29)24-16-9-6-14(20)11-18(16)26-17-3-2-10-21-19(17)22-25-26/h2-11,24,27H,1H3. The summed E-state index contributed by atoms with van der Waals surface area (Å²) in [6.45, 7) is 1.61. The molecular formula is C19H15ClN6O3S. The van der Waals surface area contributed by atoms with E-state index in [1.54, 1.807) is 55.6 Å². The van der Waals surface area contributed by atoms with Crippen LogP contribution in [0.5, 0.6) is 0 Å². The third kappa shape index (κ3) is 3.70. The number of anilines is 1. The molecule has 0 unspecified atom stereocenters. The minimum atomic E-state index is -3.91. The number of hydrogen-bond donors (Lipinski definition) is 2. The van der Waals surface area contributed by atoms with Crippen LogP contribution in [0.3, 0.4) is 0 Å². The fourth-order valence-electron chi connectivity index (χ4n) is 2.85. The molecule has 0 saturated heterocycles. The molecular weight excluding hydrogens is 428 g/mol. The number of fused-ring (bicyclic) bond motifs is 1. The minimum Gasteiger partial charge on any atom is -0.411 e. The molecule has 4 aromatic rings. The Morgan fingerprint density at radius 2 is 1.93 bits per heavy atom. The van der Waals surface area contributed by atoms with Gasteiger partial charge in [0, 0.05) is 11.2 Å². The minimum absolute atomic E-state index is 0.0444. The Balaban J connectivity index is 1.75. The number of oxime groups is 1. The largest absolute Gasteiger partial charge is 0.411 e. The second-order valence-corrected chi connectivity index (χ2v) is 8.44. The molecule has 0 amide bonds. The first-order valence-corrected chi connectivity index (χ1v) is 10.5. The SMILES string of the molecule is CC(=NO)c1ccc(S(=O)(=O)Nc2ccc(Cl)cc2-n2nnc3ncccc32)cc1. The van der Waals surface area contributed by atoms with Crippen molar-refractivity contribution in [1.82, 2.24) is 20.0 Å². The van der Waals surface area contributed by atoms with Crippen LogP contribution < -0.4 is 4.72 Å². The van der Waals surface area contributed by atoms with Crippen LogP contribution in [0.4, 0.5) is 5.69 Å². The molecule has 0 spiro atoms. The van der Waals surface area contributed by atoms with Crippen LogP contribution in [-0.4, -0.2) is 39.3 Å². The predicted molar refractivity (Wildman–Crippen MR) is 113 cm³/mol. The van der Waals surface area contributed by atoms with Crippen LogP contribution in [0, 0.1) is 0 Å². The summed E-state index contributed by atoms with van der Waals surface area (Å²) in [5.74, 6) is 0. The fraction of sp³-hybridized carbons (Fsp3) is 0.0526. The van der Waals surface area contributed by atoms with Crippen molar-refractivity contribution in [3.05, 3.63) is 71.4 Å². The van der Waals surface area contributed by atoms with Gasteiger partial charge >= 0.3 is 0 Å². The zero-order valence-corrected chi connectivity index (χ0v) is 17.1. The molecule has 0 saturated carbocycles. The Bertz CT molecular complexity index is 1370. The summed E-state index contributed by atoms with van der Waals surface area (Å²) in [6.07, 6.45) is 1.59. The van der Waals surface area contributed by atoms with Gasteiger partial charge in [-0.05, 0) is 55.0 Å². The summed E-state index contributed by atoms with van der Waals surface area (Å²) < 4.78 is 29.9. The van der Waals surface area contributed by atoms with Crippen molar-refractivity contribution in [2.45, 2.75) is 11.8 Å². The molecule has 2 N–H and O–H groups in total. The monoisotopic (exact) mass is 442 g/mol. The van der Waals surface area contributed by atoms with Gasteiger partial charge in [-0.1, -0.05) is 34.1 Å². The molecule has 4 rings (SSSR count). The van der Waals surface area contributed by atoms with E-state index in [1.807, 2.05) is 0 Å². The molecule has 2 aromatic carbocycles. The average Bonchev–Trinajstić information content (AvgIpc) is 3.18.